The van der Waals surface area contributed by atoms with Gasteiger partial charge in [0.25, 0.3) is 5.91 Å². The smallest absolute Gasteiger partial charge is 0.507 e. The van der Waals surface area contributed by atoms with Crippen molar-refractivity contribution >= 4 is 22.6 Å². The van der Waals surface area contributed by atoms with Crippen LogP contribution < -0.4 is 15.0 Å². The quantitative estimate of drug-likeness (QED) is 0.385. The molecule has 1 aliphatic heterocycles. The number of nitrogens with zero attached hydrogens (tertiary/aromatic N) is 3. The number of phenolic OH excluding ortho intramolecular Hbond substituents is 1. The predicted molar refractivity (Wildman–Crippen MR) is 133 cm³/mol. The lowest BCUT2D eigenvalue weighted by atomic mass is 10.1. The van der Waals surface area contributed by atoms with Crippen LogP contribution in [0.25, 0.3) is 22.3 Å². The Labute approximate surface area is 210 Å². The molecule has 0 aliphatic carbocycles. The third-order valence-electron chi connectivity index (χ3n) is 6.13. The molecule has 1 saturated heterocycles. The molecule has 0 bridgehead atoms. The number of phenols is 1. The fourth-order valence-corrected chi connectivity index (χ4v) is 4.42. The number of aromatic hydroxyl groups is 1. The van der Waals surface area contributed by atoms with Crippen molar-refractivity contribution in [3.63, 3.8) is 0 Å². The second-order valence-electron chi connectivity index (χ2n) is 8.89. The van der Waals surface area contributed by atoms with E-state index in [1.807, 2.05) is 30.0 Å². The standard InChI is InChI=1S/C27H23F3N4O3/c1-16-9-10-20-22(13-16)32-24(21-7-2-3-8-23(21)35)33-25(20)34-12-11-18(15-34)31-26(36)17-5-4-6-19(14-17)37-27(28,29)30/h2-10,13-14,18,35H,11-12,15H2,1H3,(H,31,36). The van der Waals surface area contributed by atoms with E-state index in [-0.39, 0.29) is 17.4 Å². The Hall–Kier alpha value is -4.34. The van der Waals surface area contributed by atoms with Crippen LogP contribution in [0.15, 0.2) is 66.7 Å². The van der Waals surface area contributed by atoms with Crippen LogP contribution in [0.2, 0.25) is 0 Å². The molecule has 7 nitrogen and oxygen atoms in total. The van der Waals surface area contributed by atoms with Crippen molar-refractivity contribution < 1.29 is 27.8 Å². The molecule has 10 heteroatoms. The number of anilines is 1. The van der Waals surface area contributed by atoms with Gasteiger partial charge in [0.05, 0.1) is 11.1 Å². The van der Waals surface area contributed by atoms with Crippen LogP contribution in [0, 0.1) is 6.92 Å². The summed E-state index contributed by atoms with van der Waals surface area (Å²) >= 11 is 0. The molecule has 2 heterocycles. The number of carbonyl (C=O) groups is 1. The Balaban J connectivity index is 1.39. The Kier molecular flexibility index (Phi) is 6.32. The number of aromatic nitrogens is 2. The highest BCUT2D eigenvalue weighted by molar-refractivity contribution is 5.95. The first-order valence-electron chi connectivity index (χ1n) is 11.6. The zero-order chi connectivity index (χ0) is 26.2. The number of ether oxygens (including phenoxy) is 1. The minimum atomic E-state index is -4.84. The van der Waals surface area contributed by atoms with Gasteiger partial charge in [0, 0.05) is 30.1 Å². The minimum Gasteiger partial charge on any atom is -0.507 e. The number of aryl methyl sites for hydroxylation is 1. The van der Waals surface area contributed by atoms with Gasteiger partial charge in [-0.25, -0.2) is 9.97 Å². The largest absolute Gasteiger partial charge is 0.573 e. The van der Waals surface area contributed by atoms with E-state index >= 15 is 0 Å². The number of hydrogen-bond donors (Lipinski definition) is 2. The van der Waals surface area contributed by atoms with Gasteiger partial charge in [-0.15, -0.1) is 13.2 Å². The molecule has 1 amide bonds. The average molecular weight is 509 g/mol. The Morgan fingerprint density at radius 2 is 1.89 bits per heavy atom. The van der Waals surface area contributed by atoms with Crippen molar-refractivity contribution in [2.75, 3.05) is 18.0 Å². The summed E-state index contributed by atoms with van der Waals surface area (Å²) in [7, 11) is 0. The van der Waals surface area contributed by atoms with Crippen LogP contribution >= 0.6 is 0 Å². The van der Waals surface area contributed by atoms with Crippen molar-refractivity contribution in [2.45, 2.75) is 25.7 Å². The molecule has 0 saturated carbocycles. The maximum absolute atomic E-state index is 12.8. The van der Waals surface area contributed by atoms with Crippen molar-refractivity contribution in [3.8, 4) is 22.9 Å². The topological polar surface area (TPSA) is 87.6 Å². The van der Waals surface area contributed by atoms with Crippen LogP contribution in [0.5, 0.6) is 11.5 Å². The molecule has 1 aromatic heterocycles. The van der Waals surface area contributed by atoms with Crippen LogP contribution in [0.3, 0.4) is 0 Å². The van der Waals surface area contributed by atoms with Gasteiger partial charge >= 0.3 is 6.36 Å². The third-order valence-corrected chi connectivity index (χ3v) is 6.13. The van der Waals surface area contributed by atoms with Crippen LogP contribution in [0.1, 0.15) is 22.3 Å². The molecule has 5 rings (SSSR count). The van der Waals surface area contributed by atoms with Gasteiger partial charge in [0.15, 0.2) is 5.82 Å². The van der Waals surface area contributed by atoms with E-state index in [0.29, 0.717) is 36.7 Å². The molecule has 2 N–H and O–H groups in total. The summed E-state index contributed by atoms with van der Waals surface area (Å²) in [6.45, 7) is 3.02. The summed E-state index contributed by atoms with van der Waals surface area (Å²) in [6.07, 6.45) is -4.22. The van der Waals surface area contributed by atoms with E-state index < -0.39 is 18.0 Å². The summed E-state index contributed by atoms with van der Waals surface area (Å²) in [5.41, 5.74) is 2.35. The Morgan fingerprint density at radius 1 is 1.08 bits per heavy atom. The number of nitrogens with one attached hydrogen (secondary N) is 1. The SMILES string of the molecule is Cc1ccc2c(N3CCC(NC(=O)c4cccc(OC(F)(F)F)c4)C3)nc(-c3ccccc3O)nc2c1. The van der Waals surface area contributed by atoms with Gasteiger partial charge < -0.3 is 20.1 Å². The summed E-state index contributed by atoms with van der Waals surface area (Å²) in [5, 5.41) is 14.1. The highest BCUT2D eigenvalue weighted by Crippen LogP contribution is 2.33. The first kappa shape index (κ1) is 24.4. The zero-order valence-electron chi connectivity index (χ0n) is 19.8. The molecule has 0 radical (unpaired) electrons. The van der Waals surface area contributed by atoms with E-state index in [4.69, 9.17) is 4.98 Å². The molecule has 1 unspecified atom stereocenters. The second-order valence-corrected chi connectivity index (χ2v) is 8.89. The molecule has 3 aromatic carbocycles. The first-order chi connectivity index (χ1) is 17.7. The molecular formula is C27H23F3N4O3. The highest BCUT2D eigenvalue weighted by Gasteiger charge is 2.32. The molecule has 4 aromatic rings. The molecule has 37 heavy (non-hydrogen) atoms. The summed E-state index contributed by atoms with van der Waals surface area (Å²) in [4.78, 5) is 24.3. The average Bonchev–Trinajstić information content (AvgIpc) is 3.31. The number of hydrogen-bond acceptors (Lipinski definition) is 6. The van der Waals surface area contributed by atoms with Crippen LogP contribution in [0.4, 0.5) is 19.0 Å². The van der Waals surface area contributed by atoms with Crippen molar-refractivity contribution in [2.24, 2.45) is 0 Å². The van der Waals surface area contributed by atoms with E-state index in [2.05, 4.69) is 15.0 Å². The Bertz CT molecular complexity index is 1480. The fourth-order valence-electron chi connectivity index (χ4n) is 4.42. The molecule has 190 valence electrons. The van der Waals surface area contributed by atoms with E-state index in [1.165, 1.54) is 12.1 Å². The van der Waals surface area contributed by atoms with Crippen molar-refractivity contribution in [1.82, 2.24) is 15.3 Å². The summed E-state index contributed by atoms with van der Waals surface area (Å²) < 4.78 is 41.6. The zero-order valence-corrected chi connectivity index (χ0v) is 19.8. The lowest BCUT2D eigenvalue weighted by Crippen LogP contribution is -2.37. The maximum Gasteiger partial charge on any atom is 0.573 e. The van der Waals surface area contributed by atoms with Gasteiger partial charge in [-0.05, 0) is 61.4 Å². The Morgan fingerprint density at radius 3 is 2.68 bits per heavy atom. The van der Waals surface area contributed by atoms with Gasteiger partial charge in [0.1, 0.15) is 17.3 Å². The van der Waals surface area contributed by atoms with Gasteiger partial charge in [0.2, 0.25) is 0 Å². The number of halogens is 3. The first-order valence-corrected chi connectivity index (χ1v) is 11.6. The van der Waals surface area contributed by atoms with Crippen LogP contribution in [-0.2, 0) is 0 Å². The monoisotopic (exact) mass is 508 g/mol. The molecule has 1 aliphatic rings. The number of amides is 1. The third kappa shape index (κ3) is 5.42. The highest BCUT2D eigenvalue weighted by atomic mass is 19.4. The summed E-state index contributed by atoms with van der Waals surface area (Å²) in [5.74, 6) is 0.203. The summed E-state index contributed by atoms with van der Waals surface area (Å²) in [6, 6.07) is 17.5. The number of benzene rings is 3. The number of fused-ring (bicyclic) bond motifs is 1. The second kappa shape index (κ2) is 9.61. The molecule has 1 atom stereocenters. The lowest BCUT2D eigenvalue weighted by Gasteiger charge is -2.21. The fraction of sp³-hybridized carbons (Fsp3) is 0.222. The van der Waals surface area contributed by atoms with Crippen molar-refractivity contribution in [1.29, 1.82) is 0 Å². The molecule has 0 spiro atoms. The molecular weight excluding hydrogens is 485 g/mol. The number of rotatable bonds is 5. The van der Waals surface area contributed by atoms with Crippen LogP contribution in [-0.4, -0.2) is 46.5 Å². The lowest BCUT2D eigenvalue weighted by molar-refractivity contribution is -0.274. The van der Waals surface area contributed by atoms with E-state index in [9.17, 15) is 23.1 Å². The minimum absolute atomic E-state index is 0.0729. The molecule has 1 fully saturated rings. The number of para-hydroxylation sites is 1. The maximum atomic E-state index is 12.8. The number of carbonyl (C=O) groups excluding carboxylic acids is 1. The number of alkyl halides is 3. The van der Waals surface area contributed by atoms with E-state index in [0.717, 1.165) is 28.6 Å². The normalized spacial score (nSPS) is 15.7. The van der Waals surface area contributed by atoms with Crippen molar-refractivity contribution in [3.05, 3.63) is 77.9 Å². The van der Waals surface area contributed by atoms with Gasteiger partial charge in [-0.3, -0.25) is 4.79 Å². The predicted octanol–water partition coefficient (Wildman–Crippen LogP) is 5.22. The van der Waals surface area contributed by atoms with E-state index in [1.54, 1.807) is 24.3 Å². The van der Waals surface area contributed by atoms with Gasteiger partial charge in [-0.2, -0.15) is 0 Å². The van der Waals surface area contributed by atoms with Gasteiger partial charge in [-0.1, -0.05) is 24.3 Å².